The number of anilines is 2. The van der Waals surface area contributed by atoms with Crippen LogP contribution in [0.2, 0.25) is 0 Å². The highest BCUT2D eigenvalue weighted by Gasteiger charge is 2.14. The van der Waals surface area contributed by atoms with Crippen LogP contribution in [-0.4, -0.2) is 29.4 Å². The van der Waals surface area contributed by atoms with Gasteiger partial charge in [-0.2, -0.15) is 19.7 Å². The van der Waals surface area contributed by atoms with Crippen LogP contribution in [-0.2, 0) is 0 Å². The van der Waals surface area contributed by atoms with E-state index in [1.807, 2.05) is 62.0 Å². The minimum Gasteiger partial charge on any atom is -0.337 e. The van der Waals surface area contributed by atoms with Crippen molar-refractivity contribution >= 4 is 17.3 Å². The molecule has 7 heteroatoms. The number of rotatable bonds is 3. The van der Waals surface area contributed by atoms with Crippen LogP contribution in [0.15, 0.2) is 42.9 Å². The van der Waals surface area contributed by atoms with Crippen molar-refractivity contribution < 1.29 is 0 Å². The van der Waals surface area contributed by atoms with Gasteiger partial charge in [0, 0.05) is 11.3 Å². The maximum Gasteiger partial charge on any atom is 0.254 e. The van der Waals surface area contributed by atoms with E-state index in [4.69, 9.17) is 0 Å². The minimum atomic E-state index is 0.578. The van der Waals surface area contributed by atoms with E-state index in [0.29, 0.717) is 5.78 Å². The molecule has 0 radical (unpaired) electrons. The molecule has 0 fully saturated rings. The summed E-state index contributed by atoms with van der Waals surface area (Å²) >= 11 is 0. The molecule has 0 bridgehead atoms. The van der Waals surface area contributed by atoms with E-state index in [2.05, 4.69) is 25.5 Å². The average Bonchev–Trinajstić information content (AvgIpc) is 3.19. The maximum atomic E-state index is 4.50. The lowest BCUT2D eigenvalue weighted by Gasteiger charge is -2.12. The van der Waals surface area contributed by atoms with Crippen molar-refractivity contribution in [2.45, 2.75) is 20.8 Å². The molecular weight excluding hydrogens is 302 g/mol. The lowest BCUT2D eigenvalue weighted by molar-refractivity contribution is 0.847. The van der Waals surface area contributed by atoms with Crippen molar-refractivity contribution in [2.24, 2.45) is 0 Å². The number of nitrogens with one attached hydrogen (secondary N) is 1. The van der Waals surface area contributed by atoms with Crippen LogP contribution in [0.5, 0.6) is 0 Å². The van der Waals surface area contributed by atoms with E-state index in [1.54, 1.807) is 4.52 Å². The van der Waals surface area contributed by atoms with Crippen LogP contribution in [0, 0.1) is 20.8 Å². The standard InChI is InChI=1S/C17H17N7/c1-11-12(2)21-17-18-10-20-24(17)16(11)22-15-9-19-23(13(15)3)14-7-5-4-6-8-14/h4-10,22H,1-3H3. The summed E-state index contributed by atoms with van der Waals surface area (Å²) in [6.45, 7) is 6.02. The first kappa shape index (κ1) is 14.4. The summed E-state index contributed by atoms with van der Waals surface area (Å²) in [4.78, 5) is 8.62. The van der Waals surface area contributed by atoms with Crippen molar-refractivity contribution in [1.82, 2.24) is 29.4 Å². The lowest BCUT2D eigenvalue weighted by atomic mass is 10.2. The molecule has 1 N–H and O–H groups in total. The highest BCUT2D eigenvalue weighted by molar-refractivity contribution is 5.64. The van der Waals surface area contributed by atoms with Crippen LogP contribution in [0.3, 0.4) is 0 Å². The second-order valence-electron chi connectivity index (χ2n) is 5.66. The molecule has 0 aliphatic heterocycles. The summed E-state index contributed by atoms with van der Waals surface area (Å²) in [7, 11) is 0. The molecule has 1 aromatic carbocycles. The van der Waals surface area contributed by atoms with Gasteiger partial charge in [-0.1, -0.05) is 18.2 Å². The number of aryl methyl sites for hydroxylation is 1. The number of nitrogens with zero attached hydrogens (tertiary/aromatic N) is 6. The fourth-order valence-corrected chi connectivity index (χ4v) is 2.67. The SMILES string of the molecule is Cc1nc2ncnn2c(Nc2cnn(-c3ccccc3)c2C)c1C. The number of para-hydroxylation sites is 1. The van der Waals surface area contributed by atoms with Crippen LogP contribution in [0.4, 0.5) is 11.5 Å². The van der Waals surface area contributed by atoms with Gasteiger partial charge >= 0.3 is 0 Å². The summed E-state index contributed by atoms with van der Waals surface area (Å²) in [6, 6.07) is 10.0. The van der Waals surface area contributed by atoms with Gasteiger partial charge in [-0.3, -0.25) is 0 Å². The van der Waals surface area contributed by atoms with E-state index in [0.717, 1.165) is 34.1 Å². The topological polar surface area (TPSA) is 72.9 Å². The van der Waals surface area contributed by atoms with E-state index in [-0.39, 0.29) is 0 Å². The normalized spacial score (nSPS) is 11.1. The van der Waals surface area contributed by atoms with Gasteiger partial charge in [0.25, 0.3) is 5.78 Å². The summed E-state index contributed by atoms with van der Waals surface area (Å²) < 4.78 is 3.62. The lowest BCUT2D eigenvalue weighted by Crippen LogP contribution is -2.07. The van der Waals surface area contributed by atoms with Gasteiger partial charge in [0.2, 0.25) is 0 Å². The average molecular weight is 319 g/mol. The molecule has 3 aromatic heterocycles. The van der Waals surface area contributed by atoms with Crippen LogP contribution in [0.25, 0.3) is 11.5 Å². The Hall–Kier alpha value is -3.22. The molecule has 0 saturated heterocycles. The quantitative estimate of drug-likeness (QED) is 0.628. The van der Waals surface area contributed by atoms with Crippen molar-refractivity contribution in [2.75, 3.05) is 5.32 Å². The Labute approximate surface area is 139 Å². The highest BCUT2D eigenvalue weighted by atomic mass is 15.4. The van der Waals surface area contributed by atoms with E-state index in [9.17, 15) is 0 Å². The first-order valence-electron chi connectivity index (χ1n) is 7.69. The Balaban J connectivity index is 1.79. The second kappa shape index (κ2) is 5.45. The molecule has 0 aliphatic carbocycles. The van der Waals surface area contributed by atoms with Crippen molar-refractivity contribution in [3.63, 3.8) is 0 Å². The zero-order chi connectivity index (χ0) is 16.7. The number of hydrogen-bond donors (Lipinski definition) is 1. The van der Waals surface area contributed by atoms with Crippen molar-refractivity contribution in [3.8, 4) is 5.69 Å². The van der Waals surface area contributed by atoms with Crippen LogP contribution in [0.1, 0.15) is 17.0 Å². The van der Waals surface area contributed by atoms with Crippen LogP contribution >= 0.6 is 0 Å². The van der Waals surface area contributed by atoms with E-state index < -0.39 is 0 Å². The predicted molar refractivity (Wildman–Crippen MR) is 91.8 cm³/mol. The molecule has 0 amide bonds. The monoisotopic (exact) mass is 319 g/mol. The number of benzene rings is 1. The third kappa shape index (κ3) is 2.21. The summed E-state index contributed by atoms with van der Waals surface area (Å²) in [5.41, 5.74) is 4.91. The molecule has 0 saturated carbocycles. The maximum absolute atomic E-state index is 4.50. The first-order valence-corrected chi connectivity index (χ1v) is 7.69. The Morgan fingerprint density at radius 3 is 2.58 bits per heavy atom. The largest absolute Gasteiger partial charge is 0.337 e. The fourth-order valence-electron chi connectivity index (χ4n) is 2.67. The third-order valence-corrected chi connectivity index (χ3v) is 4.17. The molecule has 4 rings (SSSR count). The molecule has 120 valence electrons. The summed E-state index contributed by atoms with van der Waals surface area (Å²) in [6.07, 6.45) is 3.33. The molecule has 3 heterocycles. The van der Waals surface area contributed by atoms with Gasteiger partial charge in [0.15, 0.2) is 0 Å². The number of hydrogen-bond acceptors (Lipinski definition) is 5. The Morgan fingerprint density at radius 1 is 1.00 bits per heavy atom. The molecule has 0 unspecified atom stereocenters. The molecule has 24 heavy (non-hydrogen) atoms. The van der Waals surface area contributed by atoms with Crippen LogP contribution < -0.4 is 5.32 Å². The summed E-state index contributed by atoms with van der Waals surface area (Å²) in [5.74, 6) is 1.43. The fraction of sp³-hybridized carbons (Fsp3) is 0.176. The Bertz CT molecular complexity index is 1010. The van der Waals surface area contributed by atoms with Gasteiger partial charge in [0.1, 0.15) is 12.1 Å². The van der Waals surface area contributed by atoms with Crippen molar-refractivity contribution in [1.29, 1.82) is 0 Å². The van der Waals surface area contributed by atoms with Gasteiger partial charge in [-0.25, -0.2) is 9.67 Å². The van der Waals surface area contributed by atoms with Gasteiger partial charge in [-0.05, 0) is 32.9 Å². The molecular formula is C17H17N7. The molecule has 7 nitrogen and oxygen atoms in total. The van der Waals surface area contributed by atoms with E-state index >= 15 is 0 Å². The molecule has 0 spiro atoms. The smallest absolute Gasteiger partial charge is 0.254 e. The van der Waals surface area contributed by atoms with E-state index in [1.165, 1.54) is 6.33 Å². The zero-order valence-corrected chi connectivity index (χ0v) is 13.7. The Kier molecular flexibility index (Phi) is 3.26. The Morgan fingerprint density at radius 2 is 1.79 bits per heavy atom. The first-order chi connectivity index (χ1) is 11.6. The number of fused-ring (bicyclic) bond motifs is 1. The molecule has 0 atom stereocenters. The van der Waals surface area contributed by atoms with Gasteiger partial charge in [-0.15, -0.1) is 0 Å². The molecule has 0 aliphatic rings. The van der Waals surface area contributed by atoms with Gasteiger partial charge < -0.3 is 5.32 Å². The molecule has 4 aromatic rings. The number of aromatic nitrogens is 6. The zero-order valence-electron chi connectivity index (χ0n) is 13.7. The third-order valence-electron chi connectivity index (χ3n) is 4.17. The van der Waals surface area contributed by atoms with Crippen molar-refractivity contribution in [3.05, 3.63) is 59.8 Å². The predicted octanol–water partition coefficient (Wildman–Crippen LogP) is 2.98. The summed E-state index contributed by atoms with van der Waals surface area (Å²) in [5, 5.41) is 12.2. The van der Waals surface area contributed by atoms with Gasteiger partial charge in [0.05, 0.1) is 23.3 Å². The second-order valence-corrected chi connectivity index (χ2v) is 5.66. The highest BCUT2D eigenvalue weighted by Crippen LogP contribution is 2.25. The minimum absolute atomic E-state index is 0.578.